The highest BCUT2D eigenvalue weighted by molar-refractivity contribution is 7.10. The molecule has 5 nitrogen and oxygen atoms in total. The zero-order valence-electron chi connectivity index (χ0n) is 12.0. The minimum atomic E-state index is -0.0110. The van der Waals surface area contributed by atoms with Gasteiger partial charge in [0.05, 0.1) is 6.54 Å². The molecule has 1 amide bonds. The van der Waals surface area contributed by atoms with Gasteiger partial charge >= 0.3 is 0 Å². The lowest BCUT2D eigenvalue weighted by atomic mass is 10.2. The molecular formula is C15H15N3O2S2. The van der Waals surface area contributed by atoms with Gasteiger partial charge in [-0.25, -0.2) is 0 Å². The zero-order valence-corrected chi connectivity index (χ0v) is 13.7. The molecular weight excluding hydrogens is 318 g/mol. The number of carbonyl (C=O) groups is 1. The summed E-state index contributed by atoms with van der Waals surface area (Å²) in [6.07, 6.45) is 0.794. The van der Waals surface area contributed by atoms with Crippen LogP contribution in [-0.4, -0.2) is 16.0 Å². The van der Waals surface area contributed by atoms with Crippen LogP contribution in [0.4, 0.5) is 0 Å². The van der Waals surface area contributed by atoms with Crippen molar-refractivity contribution in [2.24, 2.45) is 0 Å². The van der Waals surface area contributed by atoms with Gasteiger partial charge in [0.1, 0.15) is 0 Å². The van der Waals surface area contributed by atoms with Crippen LogP contribution in [0.5, 0.6) is 0 Å². The highest BCUT2D eigenvalue weighted by Crippen LogP contribution is 2.19. The minimum Gasteiger partial charge on any atom is -0.351 e. The first-order valence-electron chi connectivity index (χ1n) is 6.87. The fourth-order valence-corrected chi connectivity index (χ4v) is 3.42. The van der Waals surface area contributed by atoms with Crippen LogP contribution < -0.4 is 5.32 Å². The van der Waals surface area contributed by atoms with Crippen molar-refractivity contribution in [2.45, 2.75) is 26.3 Å². The van der Waals surface area contributed by atoms with Crippen LogP contribution in [0, 0.1) is 6.92 Å². The molecule has 22 heavy (non-hydrogen) atoms. The first-order valence-corrected chi connectivity index (χ1v) is 8.69. The van der Waals surface area contributed by atoms with Gasteiger partial charge in [-0.1, -0.05) is 5.16 Å². The van der Waals surface area contributed by atoms with Crippen molar-refractivity contribution in [2.75, 3.05) is 0 Å². The SMILES string of the molecule is Cc1ccsc1CNC(=O)CCc1nc(-c2ccsc2)no1. The molecule has 0 aliphatic rings. The maximum absolute atomic E-state index is 11.9. The molecule has 0 saturated carbocycles. The Morgan fingerprint density at radius 1 is 1.36 bits per heavy atom. The lowest BCUT2D eigenvalue weighted by molar-refractivity contribution is -0.121. The molecule has 3 aromatic heterocycles. The molecule has 0 aliphatic carbocycles. The van der Waals surface area contributed by atoms with E-state index in [0.717, 1.165) is 5.56 Å². The summed E-state index contributed by atoms with van der Waals surface area (Å²) in [5, 5.41) is 12.8. The minimum absolute atomic E-state index is 0.0110. The number of aryl methyl sites for hydroxylation is 2. The van der Waals surface area contributed by atoms with Crippen LogP contribution in [0.3, 0.4) is 0 Å². The van der Waals surface area contributed by atoms with Gasteiger partial charge in [-0.3, -0.25) is 4.79 Å². The Bertz CT molecular complexity index is 747. The van der Waals surface area contributed by atoms with Crippen LogP contribution in [-0.2, 0) is 17.8 Å². The normalized spacial score (nSPS) is 10.8. The van der Waals surface area contributed by atoms with Crippen LogP contribution in [0.1, 0.15) is 22.8 Å². The Kier molecular flexibility index (Phi) is 4.65. The molecule has 0 fully saturated rings. The first-order chi connectivity index (χ1) is 10.7. The van der Waals surface area contributed by atoms with Crippen molar-refractivity contribution in [3.63, 3.8) is 0 Å². The molecule has 7 heteroatoms. The van der Waals surface area contributed by atoms with Gasteiger partial charge in [-0.2, -0.15) is 16.3 Å². The number of hydrogen-bond donors (Lipinski definition) is 1. The maximum Gasteiger partial charge on any atom is 0.227 e. The van der Waals surface area contributed by atoms with E-state index in [0.29, 0.717) is 31.1 Å². The maximum atomic E-state index is 11.9. The number of nitrogens with one attached hydrogen (secondary N) is 1. The second-order valence-corrected chi connectivity index (χ2v) is 6.61. The summed E-state index contributed by atoms with van der Waals surface area (Å²) >= 11 is 3.24. The number of hydrogen-bond acceptors (Lipinski definition) is 6. The van der Waals surface area contributed by atoms with Crippen LogP contribution in [0.15, 0.2) is 32.8 Å². The Morgan fingerprint density at radius 3 is 3.00 bits per heavy atom. The molecule has 0 bridgehead atoms. The summed E-state index contributed by atoms with van der Waals surface area (Å²) in [5.41, 5.74) is 2.15. The molecule has 0 saturated heterocycles. The number of nitrogens with zero attached hydrogens (tertiary/aromatic N) is 2. The van der Waals surface area contributed by atoms with E-state index in [4.69, 9.17) is 4.52 Å². The van der Waals surface area contributed by atoms with Crippen molar-refractivity contribution < 1.29 is 9.32 Å². The van der Waals surface area contributed by atoms with Gasteiger partial charge in [-0.05, 0) is 35.4 Å². The molecule has 0 spiro atoms. The van der Waals surface area contributed by atoms with Crippen molar-refractivity contribution in [3.8, 4) is 11.4 Å². The average molecular weight is 333 g/mol. The molecule has 3 heterocycles. The molecule has 0 aromatic carbocycles. The Hall–Kier alpha value is -1.99. The third-order valence-electron chi connectivity index (χ3n) is 3.23. The highest BCUT2D eigenvalue weighted by atomic mass is 32.1. The third-order valence-corrected chi connectivity index (χ3v) is 4.93. The number of carbonyl (C=O) groups excluding carboxylic acids is 1. The molecule has 0 unspecified atom stereocenters. The van der Waals surface area contributed by atoms with Gasteiger partial charge in [0.2, 0.25) is 17.6 Å². The van der Waals surface area contributed by atoms with Crippen molar-refractivity contribution in [1.29, 1.82) is 0 Å². The Morgan fingerprint density at radius 2 is 2.27 bits per heavy atom. The summed E-state index contributed by atoms with van der Waals surface area (Å²) < 4.78 is 5.17. The topological polar surface area (TPSA) is 68.0 Å². The Balaban J connectivity index is 1.48. The number of amides is 1. The summed E-state index contributed by atoms with van der Waals surface area (Å²) in [6.45, 7) is 2.62. The van der Waals surface area contributed by atoms with E-state index in [9.17, 15) is 4.79 Å². The zero-order chi connectivity index (χ0) is 15.4. The highest BCUT2D eigenvalue weighted by Gasteiger charge is 2.11. The van der Waals surface area contributed by atoms with Gasteiger partial charge in [0, 0.05) is 28.7 Å². The number of thiophene rings is 2. The number of rotatable bonds is 6. The van der Waals surface area contributed by atoms with Crippen LogP contribution >= 0.6 is 22.7 Å². The fraction of sp³-hybridized carbons (Fsp3) is 0.267. The van der Waals surface area contributed by atoms with Crippen molar-refractivity contribution in [3.05, 3.63) is 44.6 Å². The lowest BCUT2D eigenvalue weighted by Gasteiger charge is -2.03. The third kappa shape index (κ3) is 3.61. The average Bonchev–Trinajstić information content (AvgIpc) is 3.24. The van der Waals surface area contributed by atoms with Crippen LogP contribution in [0.2, 0.25) is 0 Å². The molecule has 0 atom stereocenters. The van der Waals surface area contributed by atoms with E-state index in [2.05, 4.69) is 21.5 Å². The molecule has 3 rings (SSSR count). The van der Waals surface area contributed by atoms with Crippen molar-refractivity contribution >= 4 is 28.6 Å². The second kappa shape index (κ2) is 6.85. The standard InChI is InChI=1S/C15H15N3O2S2/c1-10-4-7-22-12(10)8-16-13(19)2-3-14-17-15(18-20-14)11-5-6-21-9-11/h4-7,9H,2-3,8H2,1H3,(H,16,19). The van der Waals surface area contributed by atoms with E-state index in [1.807, 2.05) is 29.1 Å². The number of aromatic nitrogens is 2. The lowest BCUT2D eigenvalue weighted by Crippen LogP contribution is -2.22. The van der Waals surface area contributed by atoms with Crippen LogP contribution in [0.25, 0.3) is 11.4 Å². The quantitative estimate of drug-likeness (QED) is 0.750. The molecule has 1 N–H and O–H groups in total. The van der Waals surface area contributed by atoms with Gasteiger partial charge in [0.15, 0.2) is 0 Å². The predicted molar refractivity (Wildman–Crippen MR) is 86.8 cm³/mol. The van der Waals surface area contributed by atoms with E-state index in [1.54, 1.807) is 22.7 Å². The van der Waals surface area contributed by atoms with E-state index >= 15 is 0 Å². The monoisotopic (exact) mass is 333 g/mol. The van der Waals surface area contributed by atoms with E-state index in [-0.39, 0.29) is 5.91 Å². The van der Waals surface area contributed by atoms with Gasteiger partial charge < -0.3 is 9.84 Å². The van der Waals surface area contributed by atoms with Gasteiger partial charge in [0.25, 0.3) is 0 Å². The second-order valence-electron chi connectivity index (χ2n) is 4.83. The largest absolute Gasteiger partial charge is 0.351 e. The summed E-state index contributed by atoms with van der Waals surface area (Å²) in [4.78, 5) is 17.3. The van der Waals surface area contributed by atoms with Crippen molar-refractivity contribution in [1.82, 2.24) is 15.5 Å². The Labute approximate surface area is 136 Å². The first kappa shape index (κ1) is 14.9. The summed E-state index contributed by atoms with van der Waals surface area (Å²) in [5.74, 6) is 1.05. The predicted octanol–water partition coefficient (Wildman–Crippen LogP) is 3.42. The molecule has 3 aromatic rings. The molecule has 114 valence electrons. The summed E-state index contributed by atoms with van der Waals surface area (Å²) in [6, 6.07) is 3.99. The molecule has 0 aliphatic heterocycles. The van der Waals surface area contributed by atoms with E-state index < -0.39 is 0 Å². The van der Waals surface area contributed by atoms with E-state index in [1.165, 1.54) is 10.4 Å². The fourth-order valence-electron chi connectivity index (χ4n) is 1.94. The van der Waals surface area contributed by atoms with Gasteiger partial charge in [-0.15, -0.1) is 11.3 Å². The molecule has 0 radical (unpaired) electrons. The summed E-state index contributed by atoms with van der Waals surface area (Å²) in [7, 11) is 0. The smallest absolute Gasteiger partial charge is 0.227 e.